The molecule has 0 N–H and O–H groups in total. The van der Waals surface area contributed by atoms with Crippen molar-refractivity contribution < 1.29 is 8.81 Å². The summed E-state index contributed by atoms with van der Waals surface area (Å²) < 4.78 is 18.7. The first-order valence-corrected chi connectivity index (χ1v) is 5.28. The lowest BCUT2D eigenvalue weighted by molar-refractivity contribution is 0.512. The van der Waals surface area contributed by atoms with Crippen LogP contribution in [0.4, 0.5) is 4.39 Å². The Morgan fingerprint density at radius 1 is 1.40 bits per heavy atom. The standard InChI is InChI=1S/C10H8BrFN2O/c1-2-9-13-14-10(15-9)6-3-4-8(12)7(11)5-6/h3-5H,2H2,1H3. The van der Waals surface area contributed by atoms with E-state index in [9.17, 15) is 4.39 Å². The number of benzene rings is 1. The Morgan fingerprint density at radius 3 is 2.80 bits per heavy atom. The summed E-state index contributed by atoms with van der Waals surface area (Å²) >= 11 is 3.10. The number of hydrogen-bond donors (Lipinski definition) is 0. The van der Waals surface area contributed by atoms with E-state index >= 15 is 0 Å². The predicted octanol–water partition coefficient (Wildman–Crippen LogP) is 3.20. The molecule has 1 aromatic heterocycles. The minimum atomic E-state index is -0.311. The van der Waals surface area contributed by atoms with Gasteiger partial charge >= 0.3 is 0 Å². The molecule has 0 radical (unpaired) electrons. The van der Waals surface area contributed by atoms with E-state index in [1.807, 2.05) is 6.92 Å². The van der Waals surface area contributed by atoms with Crippen LogP contribution in [0.5, 0.6) is 0 Å². The smallest absolute Gasteiger partial charge is 0.247 e. The zero-order valence-electron chi connectivity index (χ0n) is 8.00. The van der Waals surface area contributed by atoms with Gasteiger partial charge in [0.1, 0.15) is 5.82 Å². The largest absolute Gasteiger partial charge is 0.421 e. The monoisotopic (exact) mass is 270 g/mol. The van der Waals surface area contributed by atoms with Gasteiger partial charge in [-0.2, -0.15) is 0 Å². The van der Waals surface area contributed by atoms with Crippen LogP contribution in [0.25, 0.3) is 11.5 Å². The first kappa shape index (κ1) is 10.3. The normalized spacial score (nSPS) is 10.6. The molecular formula is C10H8BrFN2O. The lowest BCUT2D eigenvalue weighted by Gasteiger charge is -1.96. The highest BCUT2D eigenvalue weighted by molar-refractivity contribution is 9.10. The van der Waals surface area contributed by atoms with Crippen LogP contribution in [0.2, 0.25) is 0 Å². The van der Waals surface area contributed by atoms with Gasteiger partial charge in [-0.25, -0.2) is 4.39 Å². The third kappa shape index (κ3) is 2.07. The van der Waals surface area contributed by atoms with Crippen molar-refractivity contribution in [1.82, 2.24) is 10.2 Å². The van der Waals surface area contributed by atoms with Crippen LogP contribution >= 0.6 is 15.9 Å². The van der Waals surface area contributed by atoms with Crippen LogP contribution in [0.1, 0.15) is 12.8 Å². The summed E-state index contributed by atoms with van der Waals surface area (Å²) in [4.78, 5) is 0. The number of halogens is 2. The van der Waals surface area contributed by atoms with E-state index < -0.39 is 0 Å². The van der Waals surface area contributed by atoms with Crippen LogP contribution in [-0.4, -0.2) is 10.2 Å². The molecule has 0 aliphatic heterocycles. The van der Waals surface area contributed by atoms with Gasteiger partial charge in [-0.1, -0.05) is 6.92 Å². The molecule has 1 heterocycles. The third-order valence-electron chi connectivity index (χ3n) is 1.94. The highest BCUT2D eigenvalue weighted by atomic mass is 79.9. The summed E-state index contributed by atoms with van der Waals surface area (Å²) in [6, 6.07) is 4.57. The summed E-state index contributed by atoms with van der Waals surface area (Å²) in [5.41, 5.74) is 0.704. The van der Waals surface area contributed by atoms with Gasteiger partial charge in [-0.15, -0.1) is 10.2 Å². The topological polar surface area (TPSA) is 38.9 Å². The molecule has 78 valence electrons. The quantitative estimate of drug-likeness (QED) is 0.841. The highest BCUT2D eigenvalue weighted by Crippen LogP contribution is 2.24. The number of hydrogen-bond acceptors (Lipinski definition) is 3. The number of aromatic nitrogens is 2. The maximum atomic E-state index is 13.0. The van der Waals surface area contributed by atoms with Crippen molar-refractivity contribution >= 4 is 15.9 Å². The van der Waals surface area contributed by atoms with Crippen LogP contribution in [0.15, 0.2) is 27.1 Å². The Morgan fingerprint density at radius 2 is 2.20 bits per heavy atom. The average Bonchev–Trinajstić information content (AvgIpc) is 2.70. The van der Waals surface area contributed by atoms with Gasteiger partial charge in [0, 0.05) is 12.0 Å². The van der Waals surface area contributed by atoms with Gasteiger partial charge in [0.25, 0.3) is 0 Å². The van der Waals surface area contributed by atoms with Crippen molar-refractivity contribution in [2.75, 3.05) is 0 Å². The molecule has 2 rings (SSSR count). The zero-order chi connectivity index (χ0) is 10.8. The minimum Gasteiger partial charge on any atom is -0.421 e. The summed E-state index contributed by atoms with van der Waals surface area (Å²) in [6.07, 6.45) is 0.690. The number of nitrogens with zero attached hydrogens (tertiary/aromatic N) is 2. The van der Waals surface area contributed by atoms with Crippen molar-refractivity contribution in [3.8, 4) is 11.5 Å². The summed E-state index contributed by atoms with van der Waals surface area (Å²) in [5, 5.41) is 7.71. The van der Waals surface area contributed by atoms with E-state index in [0.717, 1.165) is 0 Å². The van der Waals surface area contributed by atoms with E-state index in [4.69, 9.17) is 4.42 Å². The van der Waals surface area contributed by atoms with Crippen LogP contribution < -0.4 is 0 Å². The van der Waals surface area contributed by atoms with Crippen LogP contribution in [-0.2, 0) is 6.42 Å². The fourth-order valence-electron chi connectivity index (χ4n) is 1.14. The lowest BCUT2D eigenvalue weighted by atomic mass is 10.2. The average molecular weight is 271 g/mol. The molecule has 1 aromatic carbocycles. The fraction of sp³-hybridized carbons (Fsp3) is 0.200. The van der Waals surface area contributed by atoms with Crippen LogP contribution in [0, 0.1) is 5.82 Å². The van der Waals surface area contributed by atoms with E-state index in [-0.39, 0.29) is 5.82 Å². The molecule has 0 atom stereocenters. The SMILES string of the molecule is CCc1nnc(-c2ccc(F)c(Br)c2)o1. The van der Waals surface area contributed by atoms with E-state index in [0.29, 0.717) is 28.2 Å². The molecule has 0 amide bonds. The molecule has 0 aliphatic rings. The predicted molar refractivity (Wildman–Crippen MR) is 56.8 cm³/mol. The van der Waals surface area contributed by atoms with Gasteiger partial charge in [0.15, 0.2) is 0 Å². The van der Waals surface area contributed by atoms with Crippen molar-refractivity contribution in [1.29, 1.82) is 0 Å². The molecule has 2 aromatic rings. The molecule has 3 nitrogen and oxygen atoms in total. The van der Waals surface area contributed by atoms with Crippen molar-refractivity contribution in [3.05, 3.63) is 34.4 Å². The van der Waals surface area contributed by atoms with E-state index in [1.54, 1.807) is 12.1 Å². The Labute approximate surface area is 94.5 Å². The molecule has 15 heavy (non-hydrogen) atoms. The first-order chi connectivity index (χ1) is 7.20. The molecule has 0 spiro atoms. The number of rotatable bonds is 2. The van der Waals surface area contributed by atoms with Gasteiger partial charge < -0.3 is 4.42 Å². The Bertz CT molecular complexity index is 484. The van der Waals surface area contributed by atoms with Gasteiger partial charge in [-0.05, 0) is 34.1 Å². The van der Waals surface area contributed by atoms with Crippen molar-refractivity contribution in [2.24, 2.45) is 0 Å². The van der Waals surface area contributed by atoms with E-state index in [1.165, 1.54) is 6.07 Å². The van der Waals surface area contributed by atoms with E-state index in [2.05, 4.69) is 26.1 Å². The third-order valence-corrected chi connectivity index (χ3v) is 2.54. The second-order valence-corrected chi connectivity index (χ2v) is 3.84. The van der Waals surface area contributed by atoms with Gasteiger partial charge in [0.05, 0.1) is 4.47 Å². The van der Waals surface area contributed by atoms with Gasteiger partial charge in [0.2, 0.25) is 11.8 Å². The number of aryl methyl sites for hydroxylation is 1. The minimum absolute atomic E-state index is 0.311. The zero-order valence-corrected chi connectivity index (χ0v) is 9.58. The van der Waals surface area contributed by atoms with Crippen LogP contribution in [0.3, 0.4) is 0 Å². The van der Waals surface area contributed by atoms with Crippen molar-refractivity contribution in [3.63, 3.8) is 0 Å². The highest BCUT2D eigenvalue weighted by Gasteiger charge is 2.09. The lowest BCUT2D eigenvalue weighted by Crippen LogP contribution is -1.81. The second-order valence-electron chi connectivity index (χ2n) is 2.98. The van der Waals surface area contributed by atoms with Gasteiger partial charge in [-0.3, -0.25) is 0 Å². The summed E-state index contributed by atoms with van der Waals surface area (Å²) in [7, 11) is 0. The molecule has 0 saturated heterocycles. The molecule has 0 unspecified atom stereocenters. The molecular weight excluding hydrogens is 263 g/mol. The summed E-state index contributed by atoms with van der Waals surface area (Å²) in [5.74, 6) is 0.673. The molecule has 0 fully saturated rings. The van der Waals surface area contributed by atoms with Crippen molar-refractivity contribution in [2.45, 2.75) is 13.3 Å². The molecule has 0 bridgehead atoms. The second kappa shape index (κ2) is 4.10. The summed E-state index contributed by atoms with van der Waals surface area (Å²) in [6.45, 7) is 1.93. The molecule has 0 aliphatic carbocycles. The Hall–Kier alpha value is -1.23. The fourth-order valence-corrected chi connectivity index (χ4v) is 1.52. The molecule has 0 saturated carbocycles. The molecule has 5 heteroatoms. The Balaban J connectivity index is 2.40. The maximum absolute atomic E-state index is 13.0. The maximum Gasteiger partial charge on any atom is 0.247 e. The first-order valence-electron chi connectivity index (χ1n) is 4.48. The Kier molecular flexibility index (Phi) is 2.81.